The van der Waals surface area contributed by atoms with Gasteiger partial charge in [0.05, 0.1) is 11.6 Å². The van der Waals surface area contributed by atoms with Gasteiger partial charge in [-0.2, -0.15) is 0 Å². The molecule has 6 heteroatoms. The van der Waals surface area contributed by atoms with Gasteiger partial charge in [-0.25, -0.2) is 9.37 Å². The molecule has 110 valence electrons. The monoisotopic (exact) mass is 352 g/mol. The third kappa shape index (κ3) is 4.26. The standard InChI is InChI=1S/C15H14BrFN2O2/c1-21-13-8-14(18-9-11(13)16)19-15(20)7-6-10-4-2-3-5-12(10)17/h2-5,8-9H,6-7H2,1H3,(H,18,19,20). The van der Waals surface area contributed by atoms with Gasteiger partial charge in [0.15, 0.2) is 0 Å². The summed E-state index contributed by atoms with van der Waals surface area (Å²) in [5.74, 6) is 0.451. The molecule has 0 saturated heterocycles. The lowest BCUT2D eigenvalue weighted by atomic mass is 10.1. The van der Waals surface area contributed by atoms with Gasteiger partial charge in [-0.05, 0) is 34.0 Å². The number of nitrogens with zero attached hydrogens (tertiary/aromatic N) is 1. The van der Waals surface area contributed by atoms with Crippen LogP contribution in [0.3, 0.4) is 0 Å². The highest BCUT2D eigenvalue weighted by Crippen LogP contribution is 2.25. The van der Waals surface area contributed by atoms with Crippen molar-refractivity contribution in [1.82, 2.24) is 4.98 Å². The Labute approximate surface area is 130 Å². The molecule has 0 spiro atoms. The van der Waals surface area contributed by atoms with E-state index in [9.17, 15) is 9.18 Å². The van der Waals surface area contributed by atoms with Crippen molar-refractivity contribution in [3.63, 3.8) is 0 Å². The van der Waals surface area contributed by atoms with Crippen LogP contribution >= 0.6 is 15.9 Å². The summed E-state index contributed by atoms with van der Waals surface area (Å²) in [7, 11) is 1.53. The van der Waals surface area contributed by atoms with Crippen molar-refractivity contribution in [3.05, 3.63) is 52.4 Å². The van der Waals surface area contributed by atoms with Crippen LogP contribution in [-0.2, 0) is 11.2 Å². The van der Waals surface area contributed by atoms with Crippen LogP contribution in [0.4, 0.5) is 10.2 Å². The molecule has 21 heavy (non-hydrogen) atoms. The lowest BCUT2D eigenvalue weighted by molar-refractivity contribution is -0.116. The summed E-state index contributed by atoms with van der Waals surface area (Å²) in [4.78, 5) is 15.9. The zero-order valence-corrected chi connectivity index (χ0v) is 13.0. The van der Waals surface area contributed by atoms with E-state index in [0.29, 0.717) is 28.0 Å². The van der Waals surface area contributed by atoms with Crippen LogP contribution in [0.2, 0.25) is 0 Å². The molecule has 0 aliphatic carbocycles. The number of methoxy groups -OCH3 is 1. The van der Waals surface area contributed by atoms with Crippen LogP contribution in [0.1, 0.15) is 12.0 Å². The first-order valence-electron chi connectivity index (χ1n) is 6.33. The number of amides is 1. The van der Waals surface area contributed by atoms with E-state index in [4.69, 9.17) is 4.74 Å². The Morgan fingerprint density at radius 2 is 2.19 bits per heavy atom. The highest BCUT2D eigenvalue weighted by Gasteiger charge is 2.08. The smallest absolute Gasteiger partial charge is 0.225 e. The van der Waals surface area contributed by atoms with E-state index in [2.05, 4.69) is 26.2 Å². The third-order valence-corrected chi connectivity index (χ3v) is 3.48. The number of rotatable bonds is 5. The summed E-state index contributed by atoms with van der Waals surface area (Å²) in [6, 6.07) is 8.04. The number of hydrogen-bond acceptors (Lipinski definition) is 3. The molecule has 2 aromatic rings. The molecule has 1 aromatic carbocycles. The predicted molar refractivity (Wildman–Crippen MR) is 81.8 cm³/mol. The number of hydrogen-bond donors (Lipinski definition) is 1. The molecule has 1 amide bonds. The number of ether oxygens (including phenoxy) is 1. The molecule has 0 aliphatic heterocycles. The average Bonchev–Trinajstić information content (AvgIpc) is 2.48. The van der Waals surface area contributed by atoms with Crippen molar-refractivity contribution in [2.24, 2.45) is 0 Å². The minimum absolute atomic E-state index is 0.182. The number of halogens is 2. The van der Waals surface area contributed by atoms with E-state index in [1.165, 1.54) is 13.2 Å². The van der Waals surface area contributed by atoms with Gasteiger partial charge in [-0.1, -0.05) is 18.2 Å². The minimum Gasteiger partial charge on any atom is -0.495 e. The minimum atomic E-state index is -0.297. The Morgan fingerprint density at radius 3 is 2.90 bits per heavy atom. The average molecular weight is 353 g/mol. The summed E-state index contributed by atoms with van der Waals surface area (Å²) in [6.45, 7) is 0. The number of aromatic nitrogens is 1. The van der Waals surface area contributed by atoms with Crippen LogP contribution < -0.4 is 10.1 Å². The molecule has 0 atom stereocenters. The summed E-state index contributed by atoms with van der Waals surface area (Å²) in [5.41, 5.74) is 0.522. The second-order valence-electron chi connectivity index (χ2n) is 4.34. The van der Waals surface area contributed by atoms with Gasteiger partial charge in [0.1, 0.15) is 17.4 Å². The van der Waals surface area contributed by atoms with Gasteiger partial charge in [-0.15, -0.1) is 0 Å². The van der Waals surface area contributed by atoms with Gasteiger partial charge < -0.3 is 10.1 Å². The van der Waals surface area contributed by atoms with Gasteiger partial charge >= 0.3 is 0 Å². The lowest BCUT2D eigenvalue weighted by Gasteiger charge is -2.08. The molecule has 4 nitrogen and oxygen atoms in total. The molecule has 2 rings (SSSR count). The number of nitrogens with one attached hydrogen (secondary N) is 1. The first-order chi connectivity index (χ1) is 10.1. The highest BCUT2D eigenvalue weighted by molar-refractivity contribution is 9.10. The number of anilines is 1. The second kappa shape index (κ2) is 7.17. The number of pyridine rings is 1. The lowest BCUT2D eigenvalue weighted by Crippen LogP contribution is -2.13. The molecule has 0 fully saturated rings. The fourth-order valence-electron chi connectivity index (χ4n) is 1.80. The number of aryl methyl sites for hydroxylation is 1. The Morgan fingerprint density at radius 1 is 1.43 bits per heavy atom. The van der Waals surface area contributed by atoms with Crippen LogP contribution in [0.5, 0.6) is 5.75 Å². The number of benzene rings is 1. The third-order valence-electron chi connectivity index (χ3n) is 2.89. The first-order valence-corrected chi connectivity index (χ1v) is 7.12. The van der Waals surface area contributed by atoms with Crippen LogP contribution in [0.25, 0.3) is 0 Å². The fourth-order valence-corrected chi connectivity index (χ4v) is 2.18. The van der Waals surface area contributed by atoms with Gasteiger partial charge in [-0.3, -0.25) is 4.79 Å². The van der Waals surface area contributed by atoms with Crippen LogP contribution in [0.15, 0.2) is 41.0 Å². The molecule has 0 aliphatic rings. The molecule has 1 heterocycles. The Balaban J connectivity index is 1.94. The molecule has 0 unspecified atom stereocenters. The molecular weight excluding hydrogens is 339 g/mol. The topological polar surface area (TPSA) is 51.2 Å². The van der Waals surface area contributed by atoms with E-state index < -0.39 is 0 Å². The zero-order chi connectivity index (χ0) is 15.2. The summed E-state index contributed by atoms with van der Waals surface area (Å²) in [6.07, 6.45) is 2.07. The SMILES string of the molecule is COc1cc(NC(=O)CCc2ccccc2F)ncc1Br. The Kier molecular flexibility index (Phi) is 5.27. The maximum atomic E-state index is 13.4. The molecule has 0 saturated carbocycles. The maximum absolute atomic E-state index is 13.4. The second-order valence-corrected chi connectivity index (χ2v) is 5.20. The Bertz CT molecular complexity index is 649. The largest absolute Gasteiger partial charge is 0.495 e. The predicted octanol–water partition coefficient (Wildman–Crippen LogP) is 3.56. The van der Waals surface area contributed by atoms with Crippen LogP contribution in [0, 0.1) is 5.82 Å². The number of carbonyl (C=O) groups excluding carboxylic acids is 1. The van der Waals surface area contributed by atoms with Crippen molar-refractivity contribution >= 4 is 27.7 Å². The molecule has 1 aromatic heterocycles. The molecule has 1 N–H and O–H groups in total. The zero-order valence-electron chi connectivity index (χ0n) is 11.4. The van der Waals surface area contributed by atoms with Crippen molar-refractivity contribution < 1.29 is 13.9 Å². The summed E-state index contributed by atoms with van der Waals surface area (Å²) < 4.78 is 19.3. The highest BCUT2D eigenvalue weighted by atomic mass is 79.9. The fraction of sp³-hybridized carbons (Fsp3) is 0.200. The van der Waals surface area contributed by atoms with E-state index in [1.807, 2.05) is 0 Å². The molecular formula is C15H14BrFN2O2. The summed E-state index contributed by atoms with van der Waals surface area (Å²) in [5, 5.41) is 2.66. The van der Waals surface area contributed by atoms with E-state index in [0.717, 1.165) is 0 Å². The van der Waals surface area contributed by atoms with E-state index in [-0.39, 0.29) is 18.1 Å². The van der Waals surface area contributed by atoms with Crippen LogP contribution in [-0.4, -0.2) is 18.0 Å². The first kappa shape index (κ1) is 15.4. The molecule has 0 bridgehead atoms. The van der Waals surface area contributed by atoms with E-state index in [1.54, 1.807) is 30.5 Å². The maximum Gasteiger partial charge on any atom is 0.225 e. The van der Waals surface area contributed by atoms with Crippen molar-refractivity contribution in [2.75, 3.05) is 12.4 Å². The van der Waals surface area contributed by atoms with Gasteiger partial charge in [0.25, 0.3) is 0 Å². The van der Waals surface area contributed by atoms with Gasteiger partial charge in [0, 0.05) is 18.7 Å². The number of carbonyl (C=O) groups is 1. The quantitative estimate of drug-likeness (QED) is 0.894. The summed E-state index contributed by atoms with van der Waals surface area (Å²) >= 11 is 3.28. The van der Waals surface area contributed by atoms with E-state index >= 15 is 0 Å². The van der Waals surface area contributed by atoms with Crippen molar-refractivity contribution in [2.45, 2.75) is 12.8 Å². The Hall–Kier alpha value is -1.95. The van der Waals surface area contributed by atoms with Crippen molar-refractivity contribution in [1.29, 1.82) is 0 Å². The van der Waals surface area contributed by atoms with Gasteiger partial charge in [0.2, 0.25) is 5.91 Å². The van der Waals surface area contributed by atoms with Crippen molar-refractivity contribution in [3.8, 4) is 5.75 Å². The normalized spacial score (nSPS) is 10.2. The molecule has 0 radical (unpaired) electrons.